The minimum atomic E-state index is -0.130. The summed E-state index contributed by atoms with van der Waals surface area (Å²) in [5.41, 5.74) is 0.484. The molecule has 0 radical (unpaired) electrons. The highest BCUT2D eigenvalue weighted by Gasteiger charge is 2.36. The van der Waals surface area contributed by atoms with Gasteiger partial charge in [0.2, 0.25) is 0 Å². The molecule has 2 aromatic rings. The molecule has 6 nitrogen and oxygen atoms in total. The average molecular weight is 323 g/mol. The number of nitrogens with zero attached hydrogens (tertiary/aromatic N) is 4. The number of amides is 1. The van der Waals surface area contributed by atoms with Gasteiger partial charge in [0.1, 0.15) is 22.2 Å². The first-order valence-corrected chi connectivity index (χ1v) is 9.01. The van der Waals surface area contributed by atoms with Crippen LogP contribution in [0.2, 0.25) is 0 Å². The van der Waals surface area contributed by atoms with E-state index in [4.69, 9.17) is 0 Å². The molecule has 3 rings (SSSR count). The van der Waals surface area contributed by atoms with Crippen molar-refractivity contribution in [1.29, 1.82) is 0 Å². The number of hydrogen-bond acceptors (Lipinski definition) is 6. The fourth-order valence-electron chi connectivity index (χ4n) is 2.25. The molecule has 1 saturated carbocycles. The highest BCUT2D eigenvalue weighted by atomic mass is 32.2. The van der Waals surface area contributed by atoms with Crippen molar-refractivity contribution in [3.8, 4) is 0 Å². The van der Waals surface area contributed by atoms with Crippen LogP contribution in [0.25, 0.3) is 0 Å². The van der Waals surface area contributed by atoms with Crippen LogP contribution in [-0.2, 0) is 6.54 Å². The standard InChI is InChI=1S/C13H17N5OS2/c1-3-18-11(14-7-15-18)10(8-4-5-8)17-12(19)9-6-21-13(16-9)20-2/h6-8,10H,3-5H2,1-2H3,(H,17,19). The Balaban J connectivity index is 1.78. The smallest absolute Gasteiger partial charge is 0.271 e. The molecule has 0 aliphatic heterocycles. The summed E-state index contributed by atoms with van der Waals surface area (Å²) in [6.07, 6.45) is 5.75. The van der Waals surface area contributed by atoms with Gasteiger partial charge in [-0.2, -0.15) is 5.10 Å². The molecular formula is C13H17N5OS2. The lowest BCUT2D eigenvalue weighted by molar-refractivity contribution is 0.0923. The van der Waals surface area contributed by atoms with Crippen LogP contribution >= 0.6 is 23.1 Å². The van der Waals surface area contributed by atoms with E-state index in [1.54, 1.807) is 23.5 Å². The first-order valence-electron chi connectivity index (χ1n) is 6.91. The molecule has 1 aliphatic rings. The van der Waals surface area contributed by atoms with E-state index in [1.165, 1.54) is 11.3 Å². The van der Waals surface area contributed by atoms with Crippen molar-refractivity contribution < 1.29 is 4.79 Å². The first kappa shape index (κ1) is 14.5. The molecule has 2 aromatic heterocycles. The van der Waals surface area contributed by atoms with E-state index in [0.29, 0.717) is 11.6 Å². The van der Waals surface area contributed by atoms with E-state index >= 15 is 0 Å². The van der Waals surface area contributed by atoms with E-state index in [9.17, 15) is 4.79 Å². The number of aromatic nitrogens is 4. The minimum Gasteiger partial charge on any atom is -0.340 e. The fraction of sp³-hybridized carbons (Fsp3) is 0.538. The van der Waals surface area contributed by atoms with E-state index in [0.717, 1.165) is 29.6 Å². The number of carbonyl (C=O) groups is 1. The third kappa shape index (κ3) is 3.11. The molecule has 0 aromatic carbocycles. The molecule has 1 aliphatic carbocycles. The molecular weight excluding hydrogens is 306 g/mol. The Hall–Kier alpha value is -1.41. The van der Waals surface area contributed by atoms with Crippen molar-refractivity contribution in [3.05, 3.63) is 23.2 Å². The largest absolute Gasteiger partial charge is 0.340 e. The molecule has 0 bridgehead atoms. The third-order valence-electron chi connectivity index (χ3n) is 3.49. The third-order valence-corrected chi connectivity index (χ3v) is 5.36. The van der Waals surface area contributed by atoms with Crippen molar-refractivity contribution in [2.45, 2.75) is 36.7 Å². The Morgan fingerprint density at radius 2 is 2.43 bits per heavy atom. The highest BCUT2D eigenvalue weighted by Crippen LogP contribution is 2.40. The summed E-state index contributed by atoms with van der Waals surface area (Å²) < 4.78 is 2.75. The maximum absolute atomic E-state index is 12.4. The van der Waals surface area contributed by atoms with Crippen molar-refractivity contribution in [2.24, 2.45) is 5.92 Å². The molecule has 0 saturated heterocycles. The molecule has 2 heterocycles. The quantitative estimate of drug-likeness (QED) is 0.826. The summed E-state index contributed by atoms with van der Waals surface area (Å²) in [4.78, 5) is 21.0. The molecule has 8 heteroatoms. The van der Waals surface area contributed by atoms with E-state index < -0.39 is 0 Å². The average Bonchev–Trinajstić information content (AvgIpc) is 3.05. The summed E-state index contributed by atoms with van der Waals surface area (Å²) in [6, 6.07) is -0.0700. The van der Waals surface area contributed by atoms with Gasteiger partial charge >= 0.3 is 0 Å². The van der Waals surface area contributed by atoms with Crippen LogP contribution in [0.15, 0.2) is 16.0 Å². The molecule has 1 amide bonds. The predicted molar refractivity (Wildman–Crippen MR) is 82.5 cm³/mol. The Morgan fingerprint density at radius 3 is 3.05 bits per heavy atom. The van der Waals surface area contributed by atoms with Gasteiger partial charge in [-0.05, 0) is 31.9 Å². The summed E-state index contributed by atoms with van der Waals surface area (Å²) in [5.74, 6) is 1.17. The van der Waals surface area contributed by atoms with Gasteiger partial charge in [-0.25, -0.2) is 14.6 Å². The zero-order valence-electron chi connectivity index (χ0n) is 11.9. The van der Waals surface area contributed by atoms with E-state index in [-0.39, 0.29) is 11.9 Å². The SMILES string of the molecule is CCn1ncnc1C(NC(=O)c1csc(SC)n1)C1CC1. The Bertz CT molecular complexity index is 634. The van der Waals surface area contributed by atoms with Crippen LogP contribution in [0, 0.1) is 5.92 Å². The second-order valence-electron chi connectivity index (χ2n) is 4.93. The van der Waals surface area contributed by atoms with Crippen LogP contribution in [-0.4, -0.2) is 31.9 Å². The number of thioether (sulfide) groups is 1. The second kappa shape index (κ2) is 6.15. The lowest BCUT2D eigenvalue weighted by Gasteiger charge is -2.17. The Labute approximate surface area is 131 Å². The summed E-state index contributed by atoms with van der Waals surface area (Å²) in [7, 11) is 0. The van der Waals surface area contributed by atoms with Crippen LogP contribution in [0.3, 0.4) is 0 Å². The maximum atomic E-state index is 12.4. The van der Waals surface area contributed by atoms with Crippen molar-refractivity contribution in [3.63, 3.8) is 0 Å². The van der Waals surface area contributed by atoms with Gasteiger partial charge in [0.05, 0.1) is 6.04 Å². The summed E-state index contributed by atoms with van der Waals surface area (Å²) in [6.45, 7) is 2.77. The van der Waals surface area contributed by atoms with Crippen LogP contribution in [0.5, 0.6) is 0 Å². The molecule has 1 N–H and O–H groups in total. The van der Waals surface area contributed by atoms with Gasteiger partial charge in [0.25, 0.3) is 5.91 Å². The van der Waals surface area contributed by atoms with E-state index in [2.05, 4.69) is 20.4 Å². The van der Waals surface area contributed by atoms with Gasteiger partial charge in [0, 0.05) is 11.9 Å². The Kier molecular flexibility index (Phi) is 4.25. The van der Waals surface area contributed by atoms with Crippen LogP contribution in [0.1, 0.15) is 42.1 Å². The van der Waals surface area contributed by atoms with Crippen molar-refractivity contribution in [1.82, 2.24) is 25.1 Å². The zero-order valence-corrected chi connectivity index (χ0v) is 13.6. The number of rotatable bonds is 6. The summed E-state index contributed by atoms with van der Waals surface area (Å²) >= 11 is 3.04. The molecule has 1 unspecified atom stereocenters. The fourth-order valence-corrected chi connectivity index (χ4v) is 3.49. The molecule has 1 fully saturated rings. The number of aryl methyl sites for hydroxylation is 1. The van der Waals surface area contributed by atoms with Gasteiger partial charge in [-0.3, -0.25) is 4.79 Å². The normalized spacial score (nSPS) is 15.9. The van der Waals surface area contributed by atoms with E-state index in [1.807, 2.05) is 17.9 Å². The molecule has 0 spiro atoms. The lowest BCUT2D eigenvalue weighted by atomic mass is 10.1. The molecule has 1 atom stereocenters. The first-order chi connectivity index (χ1) is 10.2. The van der Waals surface area contributed by atoms with Crippen LogP contribution < -0.4 is 5.32 Å². The van der Waals surface area contributed by atoms with Crippen LogP contribution in [0.4, 0.5) is 0 Å². The Morgan fingerprint density at radius 1 is 1.62 bits per heavy atom. The topological polar surface area (TPSA) is 72.7 Å². The minimum absolute atomic E-state index is 0.0700. The second-order valence-corrected chi connectivity index (χ2v) is 6.84. The van der Waals surface area contributed by atoms with Crippen molar-refractivity contribution >= 4 is 29.0 Å². The van der Waals surface area contributed by atoms with Gasteiger partial charge in [0.15, 0.2) is 0 Å². The summed E-state index contributed by atoms with van der Waals surface area (Å²) in [5, 5.41) is 9.08. The maximum Gasteiger partial charge on any atom is 0.271 e. The molecule has 21 heavy (non-hydrogen) atoms. The van der Waals surface area contributed by atoms with Gasteiger partial charge < -0.3 is 5.32 Å². The monoisotopic (exact) mass is 323 g/mol. The predicted octanol–water partition coefficient (Wildman–Crippen LogP) is 2.36. The van der Waals surface area contributed by atoms with Gasteiger partial charge in [-0.15, -0.1) is 11.3 Å². The van der Waals surface area contributed by atoms with Crippen molar-refractivity contribution in [2.75, 3.05) is 6.26 Å². The zero-order chi connectivity index (χ0) is 14.8. The van der Waals surface area contributed by atoms with Gasteiger partial charge in [-0.1, -0.05) is 11.8 Å². The highest BCUT2D eigenvalue weighted by molar-refractivity contribution is 8.00. The number of hydrogen-bond donors (Lipinski definition) is 1. The molecule has 112 valence electrons. The number of carbonyl (C=O) groups excluding carboxylic acids is 1. The lowest BCUT2D eigenvalue weighted by Crippen LogP contribution is -2.32. The number of thiazole rings is 1. The number of nitrogens with one attached hydrogen (secondary N) is 1.